The number of ether oxygens (including phenoxy) is 1. The monoisotopic (exact) mass is 481 g/mol. The number of sulfone groups is 1. The molecule has 2 aliphatic rings. The van der Waals surface area contributed by atoms with Crippen LogP contribution in [0.4, 0.5) is 8.78 Å². The van der Waals surface area contributed by atoms with Gasteiger partial charge in [0.25, 0.3) is 0 Å². The molecule has 2 atom stereocenters. The molecule has 8 nitrogen and oxygen atoms in total. The van der Waals surface area contributed by atoms with Crippen LogP contribution in [0.25, 0.3) is 11.3 Å². The van der Waals surface area contributed by atoms with E-state index in [1.54, 1.807) is 19.1 Å². The van der Waals surface area contributed by atoms with E-state index in [0.717, 1.165) is 5.56 Å². The van der Waals surface area contributed by atoms with Crippen molar-refractivity contribution < 1.29 is 31.5 Å². The molecule has 4 rings (SSSR count). The fourth-order valence-corrected chi connectivity index (χ4v) is 6.75. The Balaban J connectivity index is 1.60. The summed E-state index contributed by atoms with van der Waals surface area (Å²) in [6, 6.07) is 6.13. The fourth-order valence-electron chi connectivity index (χ4n) is 4.66. The van der Waals surface area contributed by atoms with E-state index >= 15 is 0 Å². The maximum atomic E-state index is 13.0. The summed E-state index contributed by atoms with van der Waals surface area (Å²) in [5.41, 5.74) is 1.63. The van der Waals surface area contributed by atoms with E-state index in [1.807, 2.05) is 0 Å². The van der Waals surface area contributed by atoms with Crippen molar-refractivity contribution in [1.29, 1.82) is 0 Å². The number of rotatable bonds is 5. The van der Waals surface area contributed by atoms with Crippen molar-refractivity contribution in [1.82, 2.24) is 15.1 Å². The van der Waals surface area contributed by atoms with Gasteiger partial charge in [0, 0.05) is 30.4 Å². The lowest BCUT2D eigenvalue weighted by molar-refractivity contribution is -0.126. The first-order valence-electron chi connectivity index (χ1n) is 10.7. The minimum Gasteiger partial charge on any atom is -0.435 e. The Morgan fingerprint density at radius 1 is 1.33 bits per heavy atom. The SMILES string of the molecule is CC(=O)n1nc(-c2cccc(OC(F)F)c2)c2c1CC(C(=O)N[C@@]1(C)CCS(=O)(=O)C1)CC2. The van der Waals surface area contributed by atoms with Crippen LogP contribution in [0, 0.1) is 5.92 Å². The highest BCUT2D eigenvalue weighted by molar-refractivity contribution is 7.91. The molecule has 1 unspecified atom stereocenters. The molecule has 1 aromatic heterocycles. The molecular formula is C22H25F2N3O5S. The maximum absolute atomic E-state index is 13.0. The van der Waals surface area contributed by atoms with E-state index in [1.165, 1.54) is 23.7 Å². The topological polar surface area (TPSA) is 107 Å². The molecule has 0 saturated carbocycles. The number of fused-ring (bicyclic) bond motifs is 1. The number of alkyl halides is 2. The van der Waals surface area contributed by atoms with Crippen molar-refractivity contribution in [2.45, 2.75) is 51.7 Å². The summed E-state index contributed by atoms with van der Waals surface area (Å²) in [5.74, 6) is -1.06. The zero-order valence-corrected chi connectivity index (χ0v) is 19.1. The van der Waals surface area contributed by atoms with E-state index in [-0.39, 0.29) is 35.5 Å². The van der Waals surface area contributed by atoms with Crippen molar-refractivity contribution in [2.24, 2.45) is 5.92 Å². The molecule has 1 aliphatic heterocycles. The first-order valence-corrected chi connectivity index (χ1v) is 12.5. The number of carbonyl (C=O) groups is 2. The molecular weight excluding hydrogens is 456 g/mol. The summed E-state index contributed by atoms with van der Waals surface area (Å²) in [6.07, 6.45) is 1.59. The molecule has 1 amide bonds. The Labute approximate surface area is 190 Å². The molecule has 1 aliphatic carbocycles. The molecule has 2 aromatic rings. The molecule has 178 valence electrons. The number of benzene rings is 1. The summed E-state index contributed by atoms with van der Waals surface area (Å²) in [6.45, 7) is 0.136. The Morgan fingerprint density at radius 3 is 2.73 bits per heavy atom. The molecule has 33 heavy (non-hydrogen) atoms. The average Bonchev–Trinajstić information content (AvgIpc) is 3.24. The summed E-state index contributed by atoms with van der Waals surface area (Å²) >= 11 is 0. The summed E-state index contributed by atoms with van der Waals surface area (Å²) in [5, 5.41) is 7.33. The number of nitrogens with zero attached hydrogens (tertiary/aromatic N) is 2. The van der Waals surface area contributed by atoms with Crippen molar-refractivity contribution in [3.63, 3.8) is 0 Å². The lowest BCUT2D eigenvalue weighted by Gasteiger charge is -2.29. The smallest absolute Gasteiger partial charge is 0.387 e. The Morgan fingerprint density at radius 2 is 2.09 bits per heavy atom. The van der Waals surface area contributed by atoms with Crippen molar-refractivity contribution in [3.05, 3.63) is 35.5 Å². The normalized spacial score (nSPS) is 23.8. The molecule has 1 saturated heterocycles. The summed E-state index contributed by atoms with van der Waals surface area (Å²) < 4.78 is 54.7. The van der Waals surface area contributed by atoms with E-state index in [9.17, 15) is 26.8 Å². The van der Waals surface area contributed by atoms with Gasteiger partial charge >= 0.3 is 6.61 Å². The first-order chi connectivity index (χ1) is 15.5. The average molecular weight is 482 g/mol. The van der Waals surface area contributed by atoms with Gasteiger partial charge in [-0.05, 0) is 38.3 Å². The predicted octanol–water partition coefficient (Wildman–Crippen LogP) is 2.61. The van der Waals surface area contributed by atoms with Crippen LogP contribution in [-0.2, 0) is 27.5 Å². The van der Waals surface area contributed by atoms with Gasteiger partial charge in [-0.2, -0.15) is 13.9 Å². The third kappa shape index (κ3) is 4.92. The van der Waals surface area contributed by atoms with Crippen LogP contribution in [0.1, 0.15) is 42.7 Å². The number of amides is 1. The standard InChI is InChI=1S/C22H25F2N3O5S/c1-13(28)27-18-11-15(20(29)25-22(2)8-9-33(30,31)12-22)6-7-17(18)19(26-27)14-4-3-5-16(10-14)32-21(23)24/h3-5,10,15,21H,6-9,11-12H2,1-2H3,(H,25,29)/t15?,22-/m0/s1. The van der Waals surface area contributed by atoms with Crippen molar-refractivity contribution >= 4 is 21.7 Å². The van der Waals surface area contributed by atoms with E-state index < -0.39 is 27.9 Å². The van der Waals surface area contributed by atoms with Gasteiger partial charge in [-0.3, -0.25) is 9.59 Å². The number of nitrogens with one attached hydrogen (secondary N) is 1. The number of hydrogen-bond acceptors (Lipinski definition) is 6. The van der Waals surface area contributed by atoms with E-state index in [2.05, 4.69) is 15.2 Å². The van der Waals surface area contributed by atoms with Crippen LogP contribution in [0.3, 0.4) is 0 Å². The van der Waals surface area contributed by atoms with Crippen LogP contribution in [0.15, 0.2) is 24.3 Å². The molecule has 1 aromatic carbocycles. The van der Waals surface area contributed by atoms with E-state index in [4.69, 9.17) is 0 Å². The second kappa shape index (κ2) is 8.51. The largest absolute Gasteiger partial charge is 0.435 e. The molecule has 0 radical (unpaired) electrons. The lowest BCUT2D eigenvalue weighted by Crippen LogP contribution is -2.50. The molecule has 0 spiro atoms. The van der Waals surface area contributed by atoms with Crippen LogP contribution in [0.2, 0.25) is 0 Å². The van der Waals surface area contributed by atoms with Crippen molar-refractivity contribution in [3.8, 4) is 17.0 Å². The van der Waals surface area contributed by atoms with Crippen LogP contribution in [-0.4, -0.2) is 53.7 Å². The number of aromatic nitrogens is 2. The van der Waals surface area contributed by atoms with Gasteiger partial charge in [-0.15, -0.1) is 0 Å². The van der Waals surface area contributed by atoms with Gasteiger partial charge < -0.3 is 10.1 Å². The zero-order chi connectivity index (χ0) is 24.0. The van der Waals surface area contributed by atoms with Crippen LogP contribution >= 0.6 is 0 Å². The summed E-state index contributed by atoms with van der Waals surface area (Å²) in [4.78, 5) is 25.2. The van der Waals surface area contributed by atoms with Crippen LogP contribution in [0.5, 0.6) is 5.75 Å². The maximum Gasteiger partial charge on any atom is 0.387 e. The highest BCUT2D eigenvalue weighted by Gasteiger charge is 2.41. The number of halogens is 2. The molecule has 11 heteroatoms. The number of carbonyl (C=O) groups excluding carboxylic acids is 2. The van der Waals surface area contributed by atoms with Gasteiger partial charge in [-0.1, -0.05) is 12.1 Å². The van der Waals surface area contributed by atoms with Gasteiger partial charge in [-0.25, -0.2) is 13.1 Å². The molecule has 1 fully saturated rings. The van der Waals surface area contributed by atoms with Gasteiger partial charge in [0.05, 0.1) is 28.4 Å². The zero-order valence-electron chi connectivity index (χ0n) is 18.3. The fraction of sp³-hybridized carbons (Fsp3) is 0.500. The second-order valence-corrected chi connectivity index (χ2v) is 11.1. The van der Waals surface area contributed by atoms with E-state index in [0.29, 0.717) is 36.2 Å². The van der Waals surface area contributed by atoms with Gasteiger partial charge in [0.1, 0.15) is 5.75 Å². The highest BCUT2D eigenvalue weighted by atomic mass is 32.2. The van der Waals surface area contributed by atoms with Gasteiger partial charge in [0.15, 0.2) is 9.84 Å². The predicted molar refractivity (Wildman–Crippen MR) is 116 cm³/mol. The third-order valence-electron chi connectivity index (χ3n) is 6.20. The van der Waals surface area contributed by atoms with Crippen molar-refractivity contribution in [2.75, 3.05) is 11.5 Å². The molecule has 0 bridgehead atoms. The molecule has 1 N–H and O–H groups in total. The highest BCUT2D eigenvalue weighted by Crippen LogP contribution is 2.35. The second-order valence-electron chi connectivity index (χ2n) is 8.94. The molecule has 2 heterocycles. The Hall–Kier alpha value is -2.82. The first kappa shape index (κ1) is 23.3. The lowest BCUT2D eigenvalue weighted by atomic mass is 9.84. The van der Waals surface area contributed by atoms with Gasteiger partial charge in [0.2, 0.25) is 11.8 Å². The van der Waals surface area contributed by atoms with Crippen LogP contribution < -0.4 is 10.1 Å². The number of hydrogen-bond donors (Lipinski definition) is 1. The third-order valence-corrected chi connectivity index (χ3v) is 8.11. The minimum atomic E-state index is -3.17. The minimum absolute atomic E-state index is 0.0125. The quantitative estimate of drug-likeness (QED) is 0.704. The Bertz CT molecular complexity index is 1210. The summed E-state index contributed by atoms with van der Waals surface area (Å²) in [7, 11) is -3.17. The Kier molecular flexibility index (Phi) is 6.02.